The molecular weight excluding hydrogens is 236 g/mol. The average Bonchev–Trinajstić information content (AvgIpc) is 2.46. The molecule has 0 aliphatic carbocycles. The highest BCUT2D eigenvalue weighted by Crippen LogP contribution is 2.30. The van der Waals surface area contributed by atoms with Gasteiger partial charge in [0, 0.05) is 10.0 Å². The van der Waals surface area contributed by atoms with Gasteiger partial charge in [-0.15, -0.1) is 0 Å². The molecule has 0 unspecified atom stereocenters. The van der Waals surface area contributed by atoms with Gasteiger partial charge in [-0.25, -0.2) is 4.79 Å². The van der Waals surface area contributed by atoms with Gasteiger partial charge in [0.25, 0.3) is 0 Å². The Morgan fingerprint density at radius 3 is 3.08 bits per heavy atom. The van der Waals surface area contributed by atoms with Crippen LogP contribution in [0.1, 0.15) is 5.56 Å². The third kappa shape index (κ3) is 1.47. The van der Waals surface area contributed by atoms with Crippen molar-refractivity contribution >= 4 is 22.0 Å². The van der Waals surface area contributed by atoms with E-state index >= 15 is 0 Å². The smallest absolute Gasteiger partial charge is 0.348 e. The maximum atomic E-state index is 10.8. The van der Waals surface area contributed by atoms with Crippen LogP contribution in [0.3, 0.4) is 0 Å². The fourth-order valence-electron chi connectivity index (χ4n) is 1.17. The van der Waals surface area contributed by atoms with Crippen LogP contribution in [0.25, 0.3) is 0 Å². The Bertz CT molecular complexity index is 367. The van der Waals surface area contributed by atoms with Crippen molar-refractivity contribution in [3.63, 3.8) is 0 Å². The summed E-state index contributed by atoms with van der Waals surface area (Å²) in [5, 5.41) is 1.12. The molecular formula is C8H7BrN2O2. The van der Waals surface area contributed by atoms with Crippen LogP contribution >= 0.6 is 15.9 Å². The molecule has 0 bridgehead atoms. The Hall–Kier alpha value is -1.23. The maximum absolute atomic E-state index is 10.8. The van der Waals surface area contributed by atoms with Crippen molar-refractivity contribution in [1.29, 1.82) is 0 Å². The SMILES string of the molecule is NC(=O)N1Cc2ccc(Br)cc2O1. The monoisotopic (exact) mass is 242 g/mol. The molecule has 13 heavy (non-hydrogen) atoms. The third-order valence-electron chi connectivity index (χ3n) is 1.80. The number of primary amides is 1. The van der Waals surface area contributed by atoms with E-state index < -0.39 is 6.03 Å². The number of amides is 2. The first-order valence-corrected chi connectivity index (χ1v) is 4.49. The second-order valence-corrected chi connectivity index (χ2v) is 3.63. The lowest BCUT2D eigenvalue weighted by molar-refractivity contribution is 0.00790. The highest BCUT2D eigenvalue weighted by atomic mass is 79.9. The highest BCUT2D eigenvalue weighted by molar-refractivity contribution is 9.10. The molecule has 1 aliphatic heterocycles. The van der Waals surface area contributed by atoms with Crippen LogP contribution in [0, 0.1) is 0 Å². The summed E-state index contributed by atoms with van der Waals surface area (Å²) in [6.07, 6.45) is 0. The number of nitrogens with two attached hydrogens (primary N) is 1. The van der Waals surface area contributed by atoms with E-state index in [0.29, 0.717) is 12.3 Å². The molecule has 0 aromatic heterocycles. The van der Waals surface area contributed by atoms with Crippen molar-refractivity contribution in [2.45, 2.75) is 6.54 Å². The number of urea groups is 1. The van der Waals surface area contributed by atoms with Crippen molar-refractivity contribution < 1.29 is 9.63 Å². The van der Waals surface area contributed by atoms with E-state index in [2.05, 4.69) is 15.9 Å². The largest absolute Gasteiger partial charge is 0.375 e. The minimum absolute atomic E-state index is 0.415. The molecule has 0 radical (unpaired) electrons. The van der Waals surface area contributed by atoms with Crippen LogP contribution in [0.2, 0.25) is 0 Å². The lowest BCUT2D eigenvalue weighted by Crippen LogP contribution is -2.34. The number of hydrogen-bond acceptors (Lipinski definition) is 2. The molecule has 2 rings (SSSR count). The first-order valence-electron chi connectivity index (χ1n) is 3.70. The Kier molecular flexibility index (Phi) is 1.88. The number of halogens is 1. The van der Waals surface area contributed by atoms with Gasteiger partial charge >= 0.3 is 6.03 Å². The van der Waals surface area contributed by atoms with E-state index in [1.807, 2.05) is 12.1 Å². The van der Waals surface area contributed by atoms with Gasteiger partial charge in [-0.3, -0.25) is 0 Å². The summed E-state index contributed by atoms with van der Waals surface area (Å²) in [6, 6.07) is 5.01. The molecule has 2 N–H and O–H groups in total. The zero-order chi connectivity index (χ0) is 9.42. The van der Waals surface area contributed by atoms with Gasteiger partial charge in [0.1, 0.15) is 0 Å². The Morgan fingerprint density at radius 1 is 1.62 bits per heavy atom. The standard InChI is InChI=1S/C8H7BrN2O2/c9-6-2-1-5-4-11(8(10)12)13-7(5)3-6/h1-3H,4H2,(H2,10,12). The van der Waals surface area contributed by atoms with E-state index in [9.17, 15) is 4.79 Å². The predicted octanol–water partition coefficient (Wildman–Crippen LogP) is 1.64. The summed E-state index contributed by atoms with van der Waals surface area (Å²) in [7, 11) is 0. The van der Waals surface area contributed by atoms with Gasteiger partial charge in [-0.05, 0) is 12.1 Å². The van der Waals surface area contributed by atoms with Crippen molar-refractivity contribution in [1.82, 2.24) is 5.06 Å². The third-order valence-corrected chi connectivity index (χ3v) is 2.29. The molecule has 0 saturated heterocycles. The zero-order valence-corrected chi connectivity index (χ0v) is 8.24. The summed E-state index contributed by atoms with van der Waals surface area (Å²) in [6.45, 7) is 0.415. The molecule has 0 spiro atoms. The van der Waals surface area contributed by atoms with Gasteiger partial charge in [0.05, 0.1) is 6.54 Å². The van der Waals surface area contributed by atoms with E-state index in [-0.39, 0.29) is 0 Å². The topological polar surface area (TPSA) is 55.6 Å². The number of carbonyl (C=O) groups is 1. The van der Waals surface area contributed by atoms with Crippen molar-refractivity contribution in [3.05, 3.63) is 28.2 Å². The number of nitrogens with zero attached hydrogens (tertiary/aromatic N) is 1. The minimum Gasteiger partial charge on any atom is -0.375 e. The van der Waals surface area contributed by atoms with Gasteiger partial charge in [-0.1, -0.05) is 22.0 Å². The van der Waals surface area contributed by atoms with E-state index in [1.54, 1.807) is 6.07 Å². The van der Waals surface area contributed by atoms with Crippen LogP contribution in [-0.2, 0) is 6.54 Å². The lowest BCUT2D eigenvalue weighted by Gasteiger charge is -2.09. The Labute approximate surface area is 83.4 Å². The number of benzene rings is 1. The molecule has 1 aromatic rings. The molecule has 1 aromatic carbocycles. The molecule has 4 nitrogen and oxygen atoms in total. The second kappa shape index (κ2) is 2.92. The molecule has 2 amide bonds. The Morgan fingerprint density at radius 2 is 2.38 bits per heavy atom. The maximum Gasteiger partial charge on any atom is 0.348 e. The molecule has 0 atom stereocenters. The van der Waals surface area contributed by atoms with E-state index in [4.69, 9.17) is 10.6 Å². The molecule has 1 aliphatic rings. The van der Waals surface area contributed by atoms with Gasteiger partial charge in [-0.2, -0.15) is 5.06 Å². The summed E-state index contributed by atoms with van der Waals surface area (Å²) in [4.78, 5) is 15.9. The summed E-state index contributed by atoms with van der Waals surface area (Å²) < 4.78 is 0.914. The molecule has 5 heteroatoms. The number of fused-ring (bicyclic) bond motifs is 1. The van der Waals surface area contributed by atoms with Crippen molar-refractivity contribution in [3.8, 4) is 5.75 Å². The first kappa shape index (κ1) is 8.37. The number of carbonyl (C=O) groups excluding carboxylic acids is 1. The fraction of sp³-hybridized carbons (Fsp3) is 0.125. The Balaban J connectivity index is 2.30. The number of hydroxylamine groups is 2. The van der Waals surface area contributed by atoms with E-state index in [0.717, 1.165) is 15.1 Å². The van der Waals surface area contributed by atoms with Gasteiger partial charge in [0.15, 0.2) is 5.75 Å². The summed E-state index contributed by atoms with van der Waals surface area (Å²) in [5.41, 5.74) is 6.03. The lowest BCUT2D eigenvalue weighted by atomic mass is 10.2. The van der Waals surface area contributed by atoms with Crippen molar-refractivity contribution in [2.24, 2.45) is 5.73 Å². The van der Waals surface area contributed by atoms with Gasteiger partial charge in [0.2, 0.25) is 0 Å². The summed E-state index contributed by atoms with van der Waals surface area (Å²) >= 11 is 3.31. The van der Waals surface area contributed by atoms with Crippen LogP contribution in [0.15, 0.2) is 22.7 Å². The quantitative estimate of drug-likeness (QED) is 0.752. The first-order chi connectivity index (χ1) is 6.16. The molecule has 0 fully saturated rings. The van der Waals surface area contributed by atoms with Crippen LogP contribution < -0.4 is 10.6 Å². The minimum atomic E-state index is -0.577. The van der Waals surface area contributed by atoms with Crippen LogP contribution in [0.4, 0.5) is 4.79 Å². The molecule has 68 valence electrons. The predicted molar refractivity (Wildman–Crippen MR) is 49.9 cm³/mol. The van der Waals surface area contributed by atoms with Gasteiger partial charge < -0.3 is 10.6 Å². The second-order valence-electron chi connectivity index (χ2n) is 2.72. The number of hydrogen-bond donors (Lipinski definition) is 1. The van der Waals surface area contributed by atoms with Crippen LogP contribution in [-0.4, -0.2) is 11.1 Å². The zero-order valence-electron chi connectivity index (χ0n) is 6.66. The average molecular weight is 243 g/mol. The van der Waals surface area contributed by atoms with E-state index in [1.165, 1.54) is 0 Å². The van der Waals surface area contributed by atoms with Crippen molar-refractivity contribution in [2.75, 3.05) is 0 Å². The number of rotatable bonds is 0. The molecule has 1 heterocycles. The highest BCUT2D eigenvalue weighted by Gasteiger charge is 2.23. The molecule has 0 saturated carbocycles. The van der Waals surface area contributed by atoms with Crippen LogP contribution in [0.5, 0.6) is 5.75 Å². The summed E-state index contributed by atoms with van der Waals surface area (Å²) in [5.74, 6) is 0.674. The fourth-order valence-corrected chi connectivity index (χ4v) is 1.51. The normalized spacial score (nSPS) is 13.8.